The highest BCUT2D eigenvalue weighted by molar-refractivity contribution is 5.89. The van der Waals surface area contributed by atoms with Crippen molar-refractivity contribution in [3.8, 4) is 0 Å². The number of anilines is 1. The summed E-state index contributed by atoms with van der Waals surface area (Å²) in [5.74, 6) is -0.529. The number of amides is 2. The second-order valence-electron chi connectivity index (χ2n) is 9.07. The first-order chi connectivity index (χ1) is 16.4. The van der Waals surface area contributed by atoms with Crippen LogP contribution in [0.2, 0.25) is 0 Å². The average Bonchev–Trinajstić information content (AvgIpc) is 3.44. The number of carbonyl (C=O) groups excluding carboxylic acids is 3. The fourth-order valence-electron chi connectivity index (χ4n) is 4.68. The first-order valence-electron chi connectivity index (χ1n) is 11.9. The summed E-state index contributed by atoms with van der Waals surface area (Å²) >= 11 is 0. The number of piperidine rings is 1. The van der Waals surface area contributed by atoms with Gasteiger partial charge in [0.25, 0.3) is 0 Å². The van der Waals surface area contributed by atoms with Crippen molar-refractivity contribution < 1.29 is 23.6 Å². The highest BCUT2D eigenvalue weighted by Gasteiger charge is 2.41. The van der Waals surface area contributed by atoms with Crippen molar-refractivity contribution in [1.82, 2.24) is 15.4 Å². The quantitative estimate of drug-likeness (QED) is 0.622. The minimum atomic E-state index is -0.714. The number of benzene rings is 1. The van der Waals surface area contributed by atoms with Gasteiger partial charge in [-0.1, -0.05) is 17.3 Å². The van der Waals surface area contributed by atoms with Gasteiger partial charge in [-0.2, -0.15) is 0 Å². The Bertz CT molecular complexity index is 1010. The van der Waals surface area contributed by atoms with E-state index in [1.165, 1.54) is 36.8 Å². The molecule has 4 rings (SSSR count). The van der Waals surface area contributed by atoms with Gasteiger partial charge in [0.05, 0.1) is 18.7 Å². The lowest BCUT2D eigenvalue weighted by molar-refractivity contribution is -0.146. The van der Waals surface area contributed by atoms with Gasteiger partial charge in [0.2, 0.25) is 11.8 Å². The molecule has 0 bridgehead atoms. The normalized spacial score (nSPS) is 20.3. The first kappa shape index (κ1) is 23.8. The zero-order valence-corrected chi connectivity index (χ0v) is 19.8. The van der Waals surface area contributed by atoms with Crippen LogP contribution < -0.4 is 10.2 Å². The van der Waals surface area contributed by atoms with Crippen LogP contribution in [0.25, 0.3) is 0 Å². The topological polar surface area (TPSA) is 105 Å². The predicted molar refractivity (Wildman–Crippen MR) is 125 cm³/mol. The van der Waals surface area contributed by atoms with Crippen LogP contribution in [-0.4, -0.2) is 59.6 Å². The Morgan fingerprint density at radius 1 is 1.15 bits per heavy atom. The summed E-state index contributed by atoms with van der Waals surface area (Å²) in [5, 5.41) is 6.75. The van der Waals surface area contributed by atoms with Gasteiger partial charge in [-0.15, -0.1) is 0 Å². The van der Waals surface area contributed by atoms with Crippen LogP contribution in [0.1, 0.15) is 49.6 Å². The van der Waals surface area contributed by atoms with Gasteiger partial charge in [0, 0.05) is 44.7 Å². The van der Waals surface area contributed by atoms with E-state index in [9.17, 15) is 14.4 Å². The molecule has 1 aromatic carbocycles. The molecule has 0 spiro atoms. The van der Waals surface area contributed by atoms with Crippen molar-refractivity contribution in [1.29, 1.82) is 0 Å². The zero-order chi connectivity index (χ0) is 24.1. The maximum Gasteiger partial charge on any atom is 0.302 e. The van der Waals surface area contributed by atoms with Crippen LogP contribution in [0.15, 0.2) is 34.9 Å². The first-order valence-corrected chi connectivity index (χ1v) is 11.9. The van der Waals surface area contributed by atoms with E-state index in [1.54, 1.807) is 13.0 Å². The van der Waals surface area contributed by atoms with Gasteiger partial charge in [-0.05, 0) is 43.9 Å². The molecule has 2 saturated heterocycles. The summed E-state index contributed by atoms with van der Waals surface area (Å²) in [5.41, 5.74) is 2.87. The Kier molecular flexibility index (Phi) is 7.49. The summed E-state index contributed by atoms with van der Waals surface area (Å²) in [6, 6.07) is 9.21. The number of ether oxygens (including phenoxy) is 1. The van der Waals surface area contributed by atoms with E-state index in [-0.39, 0.29) is 31.2 Å². The number of rotatable bonds is 7. The third-order valence-corrected chi connectivity index (χ3v) is 6.34. The number of hydrogen-bond donors (Lipinski definition) is 1. The van der Waals surface area contributed by atoms with E-state index < -0.39 is 18.1 Å². The molecule has 0 aliphatic carbocycles. The number of carbonyl (C=O) groups is 3. The molecule has 1 N–H and O–H groups in total. The molecule has 3 heterocycles. The molecule has 0 saturated carbocycles. The molecule has 1 aromatic heterocycles. The molecule has 2 aromatic rings. The van der Waals surface area contributed by atoms with E-state index in [2.05, 4.69) is 27.5 Å². The molecule has 182 valence electrons. The highest BCUT2D eigenvalue weighted by atomic mass is 16.5. The molecule has 9 heteroatoms. The van der Waals surface area contributed by atoms with E-state index in [1.807, 2.05) is 12.1 Å². The van der Waals surface area contributed by atoms with E-state index in [0.717, 1.165) is 18.7 Å². The van der Waals surface area contributed by atoms with Crippen molar-refractivity contribution in [2.45, 2.75) is 64.6 Å². The smallest absolute Gasteiger partial charge is 0.302 e. The van der Waals surface area contributed by atoms with Crippen LogP contribution in [0, 0.1) is 6.92 Å². The lowest BCUT2D eigenvalue weighted by Crippen LogP contribution is -2.46. The average molecular weight is 469 g/mol. The fraction of sp³-hybridized carbons (Fsp3) is 0.520. The number of esters is 1. The third-order valence-electron chi connectivity index (χ3n) is 6.34. The number of hydrogen-bond acceptors (Lipinski definition) is 7. The Balaban J connectivity index is 1.37. The number of nitrogens with zero attached hydrogens (tertiary/aromatic N) is 3. The Labute approximate surface area is 199 Å². The van der Waals surface area contributed by atoms with Crippen molar-refractivity contribution >= 4 is 23.5 Å². The largest absolute Gasteiger partial charge is 0.461 e. The van der Waals surface area contributed by atoms with Crippen molar-refractivity contribution in [3.05, 3.63) is 47.3 Å². The van der Waals surface area contributed by atoms with Crippen molar-refractivity contribution in [3.63, 3.8) is 0 Å². The van der Waals surface area contributed by atoms with Crippen LogP contribution in [0.3, 0.4) is 0 Å². The minimum Gasteiger partial charge on any atom is -0.461 e. The molecular formula is C25H32N4O5. The fourth-order valence-corrected chi connectivity index (χ4v) is 4.68. The van der Waals surface area contributed by atoms with Crippen molar-refractivity contribution in [2.75, 3.05) is 24.5 Å². The Hall–Kier alpha value is -3.36. The van der Waals surface area contributed by atoms with Crippen LogP contribution in [0.5, 0.6) is 0 Å². The van der Waals surface area contributed by atoms with Gasteiger partial charge in [-0.3, -0.25) is 14.4 Å². The number of aromatic nitrogens is 1. The lowest BCUT2D eigenvalue weighted by Gasteiger charge is -2.29. The SMILES string of the molecule is CC(=O)OC1CC(C(=O)NCc2ccc(N3CCCCC3)cc2)N(C(=O)Cc2cc(C)no2)C1. The summed E-state index contributed by atoms with van der Waals surface area (Å²) in [6.07, 6.45) is 3.47. The van der Waals surface area contributed by atoms with E-state index >= 15 is 0 Å². The molecule has 2 unspecified atom stereocenters. The molecule has 2 amide bonds. The van der Waals surface area contributed by atoms with Crippen LogP contribution >= 0.6 is 0 Å². The zero-order valence-electron chi connectivity index (χ0n) is 19.8. The number of aryl methyl sites for hydroxylation is 1. The number of likely N-dealkylation sites (tertiary alicyclic amines) is 1. The van der Waals surface area contributed by atoms with Crippen molar-refractivity contribution in [2.24, 2.45) is 0 Å². The van der Waals surface area contributed by atoms with Gasteiger partial charge < -0.3 is 24.4 Å². The lowest BCUT2D eigenvalue weighted by atomic mass is 10.1. The molecule has 2 fully saturated rings. The molecule has 0 radical (unpaired) electrons. The minimum absolute atomic E-state index is 0.00459. The van der Waals surface area contributed by atoms with Crippen LogP contribution in [0.4, 0.5) is 5.69 Å². The molecule has 9 nitrogen and oxygen atoms in total. The van der Waals surface area contributed by atoms with Gasteiger partial charge in [0.15, 0.2) is 0 Å². The number of nitrogens with one attached hydrogen (secondary N) is 1. The molecule has 2 aliphatic rings. The Morgan fingerprint density at radius 3 is 2.53 bits per heavy atom. The summed E-state index contributed by atoms with van der Waals surface area (Å²) in [6.45, 7) is 5.80. The summed E-state index contributed by atoms with van der Waals surface area (Å²) < 4.78 is 10.5. The molecule has 2 aliphatic heterocycles. The summed E-state index contributed by atoms with van der Waals surface area (Å²) in [4.78, 5) is 41.3. The predicted octanol–water partition coefficient (Wildman–Crippen LogP) is 2.36. The third kappa shape index (κ3) is 5.95. The van der Waals surface area contributed by atoms with Gasteiger partial charge in [-0.25, -0.2) is 0 Å². The molecule has 34 heavy (non-hydrogen) atoms. The maximum atomic E-state index is 13.0. The Morgan fingerprint density at radius 2 is 1.88 bits per heavy atom. The standard InChI is InChI=1S/C25H32N4O5/c1-17-12-21(34-27-17)14-24(31)29-16-22(33-18(2)30)13-23(29)25(32)26-15-19-6-8-20(9-7-19)28-10-4-3-5-11-28/h6-9,12,22-23H,3-5,10-11,13-16H2,1-2H3,(H,26,32). The van der Waals surface area contributed by atoms with Gasteiger partial charge >= 0.3 is 5.97 Å². The maximum absolute atomic E-state index is 13.0. The second-order valence-corrected chi connectivity index (χ2v) is 9.07. The van der Waals surface area contributed by atoms with E-state index in [4.69, 9.17) is 9.26 Å². The second kappa shape index (κ2) is 10.7. The summed E-state index contributed by atoms with van der Waals surface area (Å²) in [7, 11) is 0. The molecular weight excluding hydrogens is 436 g/mol. The molecule has 2 atom stereocenters. The highest BCUT2D eigenvalue weighted by Crippen LogP contribution is 2.23. The van der Waals surface area contributed by atoms with E-state index in [0.29, 0.717) is 18.0 Å². The van der Waals surface area contributed by atoms with Crippen LogP contribution in [-0.2, 0) is 32.1 Å². The van der Waals surface area contributed by atoms with Gasteiger partial charge in [0.1, 0.15) is 17.9 Å². The monoisotopic (exact) mass is 468 g/mol.